The fourth-order valence-corrected chi connectivity index (χ4v) is 2.18. The van der Waals surface area contributed by atoms with E-state index in [1.165, 1.54) is 6.07 Å². The third-order valence-electron chi connectivity index (χ3n) is 3.41. The fraction of sp³-hybridized carbons (Fsp3) is 0.545. The number of ether oxygens (including phenoxy) is 1. The molecule has 0 spiro atoms. The Kier molecular flexibility index (Phi) is 3.68. The van der Waals surface area contributed by atoms with Gasteiger partial charge in [0, 0.05) is 12.3 Å². The standard InChI is InChI=1S/C11H12FN3O6/c12-3-10(5-16)7(18)11(20,4-13)8(21-10)15-2-1-6(17)14-9(15)19/h1-2,7-8,16,18,20H,3,5H2,(H,14,17,19)/t7-,8-,10-,11-/m1/s1. The first-order valence-corrected chi connectivity index (χ1v) is 5.82. The molecule has 1 aromatic heterocycles. The fourth-order valence-electron chi connectivity index (χ4n) is 2.18. The molecule has 10 heteroatoms. The van der Waals surface area contributed by atoms with Crippen molar-refractivity contribution in [2.24, 2.45) is 0 Å². The highest BCUT2D eigenvalue weighted by molar-refractivity contribution is 5.20. The second kappa shape index (κ2) is 5.05. The highest BCUT2D eigenvalue weighted by Crippen LogP contribution is 2.43. The molecule has 4 N–H and O–H groups in total. The van der Waals surface area contributed by atoms with Crippen molar-refractivity contribution in [3.05, 3.63) is 33.1 Å². The Morgan fingerprint density at radius 3 is 2.71 bits per heavy atom. The molecule has 0 radical (unpaired) electrons. The van der Waals surface area contributed by atoms with Crippen molar-refractivity contribution in [3.8, 4) is 6.07 Å². The number of nitrogens with one attached hydrogen (secondary N) is 1. The van der Waals surface area contributed by atoms with Gasteiger partial charge in [-0.15, -0.1) is 0 Å². The summed E-state index contributed by atoms with van der Waals surface area (Å²) in [5.74, 6) is 0. The molecule has 1 aromatic rings. The van der Waals surface area contributed by atoms with Crippen LogP contribution < -0.4 is 11.2 Å². The summed E-state index contributed by atoms with van der Waals surface area (Å²) in [6.45, 7) is -2.42. The van der Waals surface area contributed by atoms with Crippen molar-refractivity contribution in [1.29, 1.82) is 5.26 Å². The number of aromatic nitrogens is 2. The summed E-state index contributed by atoms with van der Waals surface area (Å²) in [4.78, 5) is 24.6. The topological polar surface area (TPSA) is 149 Å². The van der Waals surface area contributed by atoms with Gasteiger partial charge < -0.3 is 20.1 Å². The average molecular weight is 301 g/mol. The summed E-state index contributed by atoms with van der Waals surface area (Å²) < 4.78 is 18.8. The predicted octanol–water partition coefficient (Wildman–Crippen LogP) is -2.62. The van der Waals surface area contributed by atoms with Gasteiger partial charge >= 0.3 is 5.69 Å². The van der Waals surface area contributed by atoms with E-state index in [9.17, 15) is 29.3 Å². The number of nitrogens with zero attached hydrogens (tertiary/aromatic N) is 2. The summed E-state index contributed by atoms with van der Waals surface area (Å²) in [6, 6.07) is 2.27. The predicted molar refractivity (Wildman–Crippen MR) is 63.8 cm³/mol. The van der Waals surface area contributed by atoms with Gasteiger partial charge in [0.15, 0.2) is 11.8 Å². The molecule has 0 aromatic carbocycles. The molecular formula is C11H12FN3O6. The molecule has 1 aliphatic rings. The molecule has 9 nitrogen and oxygen atoms in total. The number of aliphatic hydroxyl groups is 3. The van der Waals surface area contributed by atoms with Gasteiger partial charge in [0.1, 0.15) is 18.8 Å². The molecule has 1 aliphatic heterocycles. The van der Waals surface area contributed by atoms with Gasteiger partial charge in [0.2, 0.25) is 5.60 Å². The monoisotopic (exact) mass is 301 g/mol. The van der Waals surface area contributed by atoms with Crippen LogP contribution in [0, 0.1) is 11.3 Å². The van der Waals surface area contributed by atoms with Crippen LogP contribution in [0.25, 0.3) is 0 Å². The minimum Gasteiger partial charge on any atom is -0.393 e. The maximum absolute atomic E-state index is 13.1. The molecule has 0 aliphatic carbocycles. The lowest BCUT2D eigenvalue weighted by molar-refractivity contribution is -0.139. The number of aliphatic hydroxyl groups excluding tert-OH is 2. The molecule has 2 heterocycles. The Balaban J connectivity index is 2.60. The molecule has 2 rings (SSSR count). The number of alkyl halides is 1. The number of rotatable bonds is 3. The third-order valence-corrected chi connectivity index (χ3v) is 3.41. The molecule has 1 saturated heterocycles. The molecule has 21 heavy (non-hydrogen) atoms. The number of aromatic amines is 1. The van der Waals surface area contributed by atoms with Crippen molar-refractivity contribution in [3.63, 3.8) is 0 Å². The zero-order valence-electron chi connectivity index (χ0n) is 10.6. The minimum absolute atomic E-state index is 0.626. The van der Waals surface area contributed by atoms with Crippen LogP contribution in [0.1, 0.15) is 6.23 Å². The van der Waals surface area contributed by atoms with E-state index in [-0.39, 0.29) is 0 Å². The number of hydrogen-bond donors (Lipinski definition) is 4. The van der Waals surface area contributed by atoms with Gasteiger partial charge in [-0.1, -0.05) is 0 Å². The Morgan fingerprint density at radius 2 is 2.24 bits per heavy atom. The van der Waals surface area contributed by atoms with Gasteiger partial charge in [0.25, 0.3) is 5.56 Å². The Bertz CT molecular complexity index is 690. The maximum Gasteiger partial charge on any atom is 0.330 e. The van der Waals surface area contributed by atoms with Gasteiger partial charge in [-0.2, -0.15) is 5.26 Å². The molecule has 0 saturated carbocycles. The van der Waals surface area contributed by atoms with E-state index in [4.69, 9.17) is 10.00 Å². The van der Waals surface area contributed by atoms with E-state index in [2.05, 4.69) is 0 Å². The average Bonchev–Trinajstić information content (AvgIpc) is 2.70. The van der Waals surface area contributed by atoms with Crippen LogP contribution in [0.2, 0.25) is 0 Å². The van der Waals surface area contributed by atoms with Crippen molar-refractivity contribution in [2.75, 3.05) is 13.3 Å². The van der Waals surface area contributed by atoms with Gasteiger partial charge in [-0.25, -0.2) is 9.18 Å². The van der Waals surface area contributed by atoms with E-state index < -0.39 is 48.1 Å². The molecule has 4 atom stereocenters. The summed E-state index contributed by atoms with van der Waals surface area (Å²) in [5, 5.41) is 38.4. The van der Waals surface area contributed by atoms with Crippen LogP contribution in [0.15, 0.2) is 21.9 Å². The second-order valence-electron chi connectivity index (χ2n) is 4.68. The Hall–Kier alpha value is -2.06. The van der Waals surface area contributed by atoms with Crippen LogP contribution in [-0.2, 0) is 4.74 Å². The minimum atomic E-state index is -2.68. The van der Waals surface area contributed by atoms with Crippen molar-refractivity contribution in [2.45, 2.75) is 23.5 Å². The SMILES string of the molecule is N#C[C@@]1(O)[C@H](O)[C@](CO)(CF)O[C@H]1n1ccc(=O)[nH]c1=O. The first-order valence-electron chi connectivity index (χ1n) is 5.82. The molecule has 0 amide bonds. The summed E-state index contributed by atoms with van der Waals surface area (Å²) in [6.07, 6.45) is -2.98. The Labute approximate surface area is 116 Å². The highest BCUT2D eigenvalue weighted by Gasteiger charge is 2.65. The highest BCUT2D eigenvalue weighted by atomic mass is 19.1. The van der Waals surface area contributed by atoms with Crippen molar-refractivity contribution in [1.82, 2.24) is 9.55 Å². The summed E-state index contributed by atoms with van der Waals surface area (Å²) >= 11 is 0. The number of nitriles is 1. The van der Waals surface area contributed by atoms with Crippen LogP contribution in [0.3, 0.4) is 0 Å². The van der Waals surface area contributed by atoms with E-state index in [0.717, 1.165) is 12.3 Å². The second-order valence-corrected chi connectivity index (χ2v) is 4.68. The van der Waals surface area contributed by atoms with Gasteiger partial charge in [0.05, 0.1) is 6.61 Å². The van der Waals surface area contributed by atoms with E-state index in [1.54, 1.807) is 0 Å². The normalized spacial score (nSPS) is 35.6. The smallest absolute Gasteiger partial charge is 0.330 e. The molecular weight excluding hydrogens is 289 g/mol. The summed E-state index contributed by atoms with van der Waals surface area (Å²) in [5.41, 5.74) is -6.68. The first kappa shape index (κ1) is 15.3. The number of hydrogen-bond acceptors (Lipinski definition) is 7. The Morgan fingerprint density at radius 1 is 1.57 bits per heavy atom. The zero-order valence-corrected chi connectivity index (χ0v) is 10.6. The van der Waals surface area contributed by atoms with Crippen molar-refractivity contribution >= 4 is 0 Å². The lowest BCUT2D eigenvalue weighted by atomic mass is 9.88. The van der Waals surface area contributed by atoms with Crippen molar-refractivity contribution < 1.29 is 24.4 Å². The van der Waals surface area contributed by atoms with Gasteiger partial charge in [-0.3, -0.25) is 14.3 Å². The van der Waals surface area contributed by atoms with Gasteiger partial charge in [-0.05, 0) is 0 Å². The molecule has 0 bridgehead atoms. The third kappa shape index (κ3) is 2.07. The quantitative estimate of drug-likeness (QED) is 0.447. The van der Waals surface area contributed by atoms with Crippen LogP contribution in [0.4, 0.5) is 4.39 Å². The van der Waals surface area contributed by atoms with E-state index >= 15 is 0 Å². The summed E-state index contributed by atoms with van der Waals surface area (Å²) in [7, 11) is 0. The largest absolute Gasteiger partial charge is 0.393 e. The zero-order chi connectivity index (χ0) is 15.8. The lowest BCUT2D eigenvalue weighted by Crippen LogP contribution is -2.53. The number of halogens is 1. The van der Waals surface area contributed by atoms with Crippen LogP contribution >= 0.6 is 0 Å². The molecule has 114 valence electrons. The lowest BCUT2D eigenvalue weighted by Gasteiger charge is -2.27. The van der Waals surface area contributed by atoms with E-state index in [0.29, 0.717) is 4.57 Å². The molecule has 1 fully saturated rings. The first-order chi connectivity index (χ1) is 9.84. The number of H-pyrrole nitrogens is 1. The maximum atomic E-state index is 13.1. The van der Waals surface area contributed by atoms with E-state index in [1.807, 2.05) is 4.98 Å². The molecule has 0 unspecified atom stereocenters. The van der Waals surface area contributed by atoms with Crippen LogP contribution in [0.5, 0.6) is 0 Å². The van der Waals surface area contributed by atoms with Crippen LogP contribution in [-0.4, -0.2) is 55.5 Å².